The second kappa shape index (κ2) is 6.40. The Morgan fingerprint density at radius 1 is 1.32 bits per heavy atom. The fraction of sp³-hybridized carbons (Fsp3) is 0.533. The van der Waals surface area contributed by atoms with Gasteiger partial charge in [-0.2, -0.15) is 0 Å². The predicted molar refractivity (Wildman–Crippen MR) is 86.0 cm³/mol. The third-order valence-electron chi connectivity index (χ3n) is 3.96. The number of benzene rings is 1. The highest BCUT2D eigenvalue weighted by atomic mass is 79.9. The highest BCUT2D eigenvalue weighted by Crippen LogP contribution is 2.30. The molecule has 0 saturated heterocycles. The van der Waals surface area contributed by atoms with Crippen LogP contribution in [-0.4, -0.2) is 16.8 Å². The van der Waals surface area contributed by atoms with Gasteiger partial charge in [0.2, 0.25) is 0 Å². The molecule has 0 radical (unpaired) electrons. The zero-order chi connectivity index (χ0) is 13.9. The van der Waals surface area contributed by atoms with E-state index in [-0.39, 0.29) is 11.4 Å². The lowest BCUT2D eigenvalue weighted by atomic mass is 9.83. The van der Waals surface area contributed by atoms with Crippen molar-refractivity contribution in [2.45, 2.75) is 44.6 Å². The van der Waals surface area contributed by atoms with Crippen molar-refractivity contribution in [3.8, 4) is 0 Å². The van der Waals surface area contributed by atoms with E-state index in [9.17, 15) is 4.79 Å². The topological polar surface area (TPSA) is 29.1 Å². The molecule has 1 N–H and O–H groups in total. The summed E-state index contributed by atoms with van der Waals surface area (Å²) in [6.07, 6.45) is 5.81. The standard InChI is InChI=1S/C15H19Br2NO/c1-11-12(6-5-7-13(11)17)14(19)18-15(10-16)8-3-2-4-9-15/h5-7H,2-4,8-10H2,1H3,(H,18,19). The number of hydrogen-bond donors (Lipinski definition) is 1. The van der Waals surface area contributed by atoms with Crippen LogP contribution < -0.4 is 5.32 Å². The number of rotatable bonds is 3. The van der Waals surface area contributed by atoms with Crippen molar-refractivity contribution < 1.29 is 4.79 Å². The van der Waals surface area contributed by atoms with Gasteiger partial charge in [-0.3, -0.25) is 4.79 Å². The highest BCUT2D eigenvalue weighted by molar-refractivity contribution is 9.10. The van der Waals surface area contributed by atoms with Crippen molar-refractivity contribution in [1.82, 2.24) is 5.32 Å². The first kappa shape index (κ1) is 15.0. The maximum Gasteiger partial charge on any atom is 0.252 e. The molecule has 1 aromatic rings. The van der Waals surface area contributed by atoms with Gasteiger partial charge in [0.25, 0.3) is 5.91 Å². The van der Waals surface area contributed by atoms with E-state index in [0.717, 1.165) is 33.8 Å². The molecule has 0 unspecified atom stereocenters. The number of halogens is 2. The molecule has 1 aromatic carbocycles. The maximum absolute atomic E-state index is 12.5. The van der Waals surface area contributed by atoms with Crippen LogP contribution in [-0.2, 0) is 0 Å². The van der Waals surface area contributed by atoms with Gasteiger partial charge >= 0.3 is 0 Å². The number of hydrogen-bond acceptors (Lipinski definition) is 1. The normalized spacial score (nSPS) is 18.1. The fourth-order valence-electron chi connectivity index (χ4n) is 2.68. The molecule has 4 heteroatoms. The highest BCUT2D eigenvalue weighted by Gasteiger charge is 2.33. The van der Waals surface area contributed by atoms with Crippen LogP contribution in [0.2, 0.25) is 0 Å². The Labute approximate surface area is 131 Å². The Morgan fingerprint density at radius 3 is 2.63 bits per heavy atom. The summed E-state index contributed by atoms with van der Waals surface area (Å²) in [4.78, 5) is 12.5. The van der Waals surface area contributed by atoms with Gasteiger partial charge in [-0.05, 0) is 37.5 Å². The van der Waals surface area contributed by atoms with Gasteiger partial charge < -0.3 is 5.32 Å². The van der Waals surface area contributed by atoms with Gasteiger partial charge in [0.05, 0.1) is 5.54 Å². The maximum atomic E-state index is 12.5. The molecular weight excluding hydrogens is 370 g/mol. The Balaban J connectivity index is 2.17. The van der Waals surface area contributed by atoms with Gasteiger partial charge in [0.1, 0.15) is 0 Å². The molecule has 1 fully saturated rings. The molecule has 0 spiro atoms. The van der Waals surface area contributed by atoms with E-state index in [2.05, 4.69) is 37.2 Å². The average Bonchev–Trinajstić information content (AvgIpc) is 2.42. The quantitative estimate of drug-likeness (QED) is 0.754. The average molecular weight is 389 g/mol. The van der Waals surface area contributed by atoms with Crippen LogP contribution in [0, 0.1) is 6.92 Å². The zero-order valence-electron chi connectivity index (χ0n) is 11.1. The van der Waals surface area contributed by atoms with Crippen molar-refractivity contribution in [3.05, 3.63) is 33.8 Å². The minimum atomic E-state index is -0.0654. The van der Waals surface area contributed by atoms with Crippen LogP contribution in [0.5, 0.6) is 0 Å². The number of alkyl halides is 1. The molecule has 1 amide bonds. The van der Waals surface area contributed by atoms with Crippen LogP contribution in [0.3, 0.4) is 0 Å². The van der Waals surface area contributed by atoms with E-state index in [4.69, 9.17) is 0 Å². The predicted octanol–water partition coefficient (Wildman–Crippen LogP) is 4.59. The summed E-state index contributed by atoms with van der Waals surface area (Å²) in [5, 5.41) is 4.09. The third kappa shape index (κ3) is 3.40. The van der Waals surface area contributed by atoms with Crippen molar-refractivity contribution in [2.75, 3.05) is 5.33 Å². The number of carbonyl (C=O) groups excluding carboxylic acids is 1. The molecule has 0 atom stereocenters. The first-order valence-corrected chi connectivity index (χ1v) is 8.63. The van der Waals surface area contributed by atoms with Crippen LogP contribution in [0.4, 0.5) is 0 Å². The zero-order valence-corrected chi connectivity index (χ0v) is 14.3. The number of carbonyl (C=O) groups is 1. The smallest absolute Gasteiger partial charge is 0.252 e. The van der Waals surface area contributed by atoms with E-state index in [1.807, 2.05) is 25.1 Å². The lowest BCUT2D eigenvalue weighted by molar-refractivity contribution is 0.0886. The lowest BCUT2D eigenvalue weighted by Gasteiger charge is -2.36. The summed E-state index contributed by atoms with van der Waals surface area (Å²) in [7, 11) is 0. The van der Waals surface area contributed by atoms with Gasteiger partial charge in [0.15, 0.2) is 0 Å². The second-order valence-corrected chi connectivity index (χ2v) is 6.76. The van der Waals surface area contributed by atoms with Crippen LogP contribution in [0.1, 0.15) is 48.0 Å². The molecule has 2 rings (SSSR count). The van der Waals surface area contributed by atoms with Crippen molar-refractivity contribution in [1.29, 1.82) is 0 Å². The van der Waals surface area contributed by atoms with E-state index in [0.29, 0.717) is 0 Å². The first-order valence-electron chi connectivity index (χ1n) is 6.72. The van der Waals surface area contributed by atoms with Gasteiger partial charge in [-0.1, -0.05) is 57.2 Å². The Kier molecular flexibility index (Phi) is 5.07. The van der Waals surface area contributed by atoms with Crippen LogP contribution in [0.15, 0.2) is 22.7 Å². The third-order valence-corrected chi connectivity index (χ3v) is 5.89. The summed E-state index contributed by atoms with van der Waals surface area (Å²) in [5.41, 5.74) is 1.70. The molecule has 1 saturated carbocycles. The van der Waals surface area contributed by atoms with Crippen molar-refractivity contribution in [2.24, 2.45) is 0 Å². The van der Waals surface area contributed by atoms with Gasteiger partial charge in [-0.15, -0.1) is 0 Å². The Hall–Kier alpha value is -0.350. The van der Waals surface area contributed by atoms with E-state index < -0.39 is 0 Å². The molecule has 0 bridgehead atoms. The molecule has 1 aliphatic rings. The molecule has 19 heavy (non-hydrogen) atoms. The summed E-state index contributed by atoms with van der Waals surface area (Å²) < 4.78 is 0.983. The molecule has 0 heterocycles. The SMILES string of the molecule is Cc1c(Br)cccc1C(=O)NC1(CBr)CCCCC1. The fourth-order valence-corrected chi connectivity index (χ4v) is 3.75. The lowest BCUT2D eigenvalue weighted by Crippen LogP contribution is -2.51. The van der Waals surface area contributed by atoms with Crippen molar-refractivity contribution >= 4 is 37.8 Å². The molecule has 2 nitrogen and oxygen atoms in total. The summed E-state index contributed by atoms with van der Waals surface area (Å²) in [6, 6.07) is 5.76. The Morgan fingerprint density at radius 2 is 2.00 bits per heavy atom. The monoisotopic (exact) mass is 387 g/mol. The van der Waals surface area contributed by atoms with E-state index >= 15 is 0 Å². The molecule has 0 aromatic heterocycles. The number of amides is 1. The van der Waals surface area contributed by atoms with Crippen LogP contribution in [0.25, 0.3) is 0 Å². The van der Waals surface area contributed by atoms with Crippen LogP contribution >= 0.6 is 31.9 Å². The van der Waals surface area contributed by atoms with E-state index in [1.54, 1.807) is 0 Å². The Bertz CT molecular complexity index is 467. The number of nitrogens with one attached hydrogen (secondary N) is 1. The van der Waals surface area contributed by atoms with Gasteiger partial charge in [-0.25, -0.2) is 0 Å². The summed E-state index contributed by atoms with van der Waals surface area (Å²) in [5.74, 6) is 0.0418. The van der Waals surface area contributed by atoms with Crippen molar-refractivity contribution in [3.63, 3.8) is 0 Å². The van der Waals surface area contributed by atoms with Gasteiger partial charge in [0, 0.05) is 15.4 Å². The minimum absolute atomic E-state index is 0.0418. The molecular formula is C15H19Br2NO. The summed E-state index contributed by atoms with van der Waals surface area (Å²) >= 11 is 7.06. The minimum Gasteiger partial charge on any atom is -0.346 e. The first-order chi connectivity index (χ1) is 9.08. The molecule has 104 valence electrons. The van der Waals surface area contributed by atoms with E-state index in [1.165, 1.54) is 19.3 Å². The molecule has 0 aliphatic heterocycles. The second-order valence-electron chi connectivity index (χ2n) is 5.34. The largest absolute Gasteiger partial charge is 0.346 e. The summed E-state index contributed by atoms with van der Waals surface area (Å²) in [6.45, 7) is 1.97. The molecule has 1 aliphatic carbocycles.